The van der Waals surface area contributed by atoms with Crippen molar-refractivity contribution in [2.75, 3.05) is 54.1 Å². The van der Waals surface area contributed by atoms with Gasteiger partial charge in [-0.1, -0.05) is 134 Å². The Morgan fingerprint density at radius 2 is 0.982 bits per heavy atom. The molecular formula is C47H84NO8+. The third-order valence-electron chi connectivity index (χ3n) is 10.4. The Balaban J connectivity index is 2.55. The summed E-state index contributed by atoms with van der Waals surface area (Å²) in [5.41, 5.74) is 0.424. The van der Waals surface area contributed by atoms with E-state index in [0.717, 1.165) is 63.7 Å². The van der Waals surface area contributed by atoms with Crippen LogP contribution < -0.4 is 0 Å². The minimum atomic E-state index is -1.22. The molecule has 9 heteroatoms. The first-order valence-corrected chi connectivity index (χ1v) is 22.7. The molecule has 9 nitrogen and oxygen atoms in total. The van der Waals surface area contributed by atoms with Crippen molar-refractivity contribution in [1.29, 1.82) is 0 Å². The molecule has 324 valence electrons. The van der Waals surface area contributed by atoms with Crippen LogP contribution in [0.1, 0.15) is 188 Å². The summed E-state index contributed by atoms with van der Waals surface area (Å²) in [5, 5.41) is 0. The standard InChI is InChI=1S/C47H84NO8/c1-7-10-12-14-15-16-17-18-19-20-21-25-29-33-44(50)54-38-47(37-53-43(49)9-3,40-56-46(52)36-48(4,5)6)39-55-45(51)34-30-26-22-24-28-32-42-35-41(42)31-27-23-13-11-8-2/h17-18,35,41H,7-16,19-34,36-40H2,1-6H3/q+1/b18-17-. The highest BCUT2D eigenvalue weighted by atomic mass is 16.6. The number of ether oxygens (including phenoxy) is 4. The monoisotopic (exact) mass is 791 g/mol. The number of rotatable bonds is 38. The third-order valence-corrected chi connectivity index (χ3v) is 10.4. The largest absolute Gasteiger partial charge is 0.465 e. The third kappa shape index (κ3) is 29.5. The Hall–Kier alpha value is -2.68. The van der Waals surface area contributed by atoms with Crippen molar-refractivity contribution in [2.45, 2.75) is 188 Å². The van der Waals surface area contributed by atoms with Gasteiger partial charge in [-0.3, -0.25) is 14.4 Å². The molecular weight excluding hydrogens is 707 g/mol. The number of carbonyl (C=O) groups excluding carboxylic acids is 4. The predicted molar refractivity (Wildman–Crippen MR) is 227 cm³/mol. The van der Waals surface area contributed by atoms with Gasteiger partial charge < -0.3 is 23.4 Å². The van der Waals surface area contributed by atoms with E-state index in [2.05, 4.69) is 32.1 Å². The maximum absolute atomic E-state index is 12.9. The van der Waals surface area contributed by atoms with E-state index in [1.165, 1.54) is 83.5 Å². The van der Waals surface area contributed by atoms with Crippen LogP contribution in [0.25, 0.3) is 0 Å². The van der Waals surface area contributed by atoms with E-state index < -0.39 is 17.4 Å². The lowest BCUT2D eigenvalue weighted by atomic mass is 9.92. The van der Waals surface area contributed by atoms with E-state index in [1.807, 2.05) is 21.1 Å². The molecule has 0 aliphatic heterocycles. The maximum atomic E-state index is 12.9. The van der Waals surface area contributed by atoms with E-state index >= 15 is 0 Å². The summed E-state index contributed by atoms with van der Waals surface area (Å²) < 4.78 is 23.0. The van der Waals surface area contributed by atoms with Crippen molar-refractivity contribution in [1.82, 2.24) is 0 Å². The molecule has 0 N–H and O–H groups in total. The second-order valence-electron chi connectivity index (χ2n) is 17.4. The topological polar surface area (TPSA) is 105 Å². The molecule has 0 aromatic heterocycles. The molecule has 0 spiro atoms. The Bertz CT molecular complexity index is 1130. The summed E-state index contributed by atoms with van der Waals surface area (Å²) in [7, 11) is 5.64. The molecule has 0 saturated heterocycles. The van der Waals surface area contributed by atoms with Crippen LogP contribution in [0.5, 0.6) is 0 Å². The van der Waals surface area contributed by atoms with Crippen LogP contribution >= 0.6 is 0 Å². The molecule has 2 atom stereocenters. The van der Waals surface area contributed by atoms with E-state index in [-0.39, 0.29) is 64.2 Å². The minimum Gasteiger partial charge on any atom is -0.465 e. The van der Waals surface area contributed by atoms with Crippen LogP contribution in [0.15, 0.2) is 23.8 Å². The molecule has 56 heavy (non-hydrogen) atoms. The number of allylic oxidation sites excluding steroid dienone is 4. The van der Waals surface area contributed by atoms with E-state index in [1.54, 1.807) is 12.5 Å². The summed E-state index contributed by atoms with van der Waals surface area (Å²) >= 11 is 0. The molecule has 0 aromatic carbocycles. The second kappa shape index (κ2) is 32.3. The zero-order valence-electron chi connectivity index (χ0n) is 36.9. The summed E-state index contributed by atoms with van der Waals surface area (Å²) in [6.45, 7) is 5.48. The predicted octanol–water partition coefficient (Wildman–Crippen LogP) is 11.2. The fourth-order valence-electron chi connectivity index (χ4n) is 6.69. The average Bonchev–Trinajstić information content (AvgIpc) is 3.92. The fraction of sp³-hybridized carbons (Fsp3) is 0.830. The molecule has 1 aliphatic carbocycles. The summed E-state index contributed by atoms with van der Waals surface area (Å²) in [6.07, 6.45) is 34.5. The fourth-order valence-corrected chi connectivity index (χ4v) is 6.69. The van der Waals surface area contributed by atoms with Crippen molar-refractivity contribution < 1.29 is 42.6 Å². The van der Waals surface area contributed by atoms with Gasteiger partial charge in [0.1, 0.15) is 31.8 Å². The van der Waals surface area contributed by atoms with Gasteiger partial charge in [-0.05, 0) is 63.7 Å². The summed E-state index contributed by atoms with van der Waals surface area (Å²) in [6, 6.07) is 0. The second-order valence-corrected chi connectivity index (χ2v) is 17.4. The Labute approximate surface area is 342 Å². The molecule has 1 aliphatic rings. The maximum Gasteiger partial charge on any atom is 0.361 e. The van der Waals surface area contributed by atoms with Crippen molar-refractivity contribution in [3.05, 3.63) is 23.8 Å². The average molecular weight is 791 g/mol. The first-order valence-electron chi connectivity index (χ1n) is 22.7. The number of unbranched alkanes of at least 4 members (excludes halogenated alkanes) is 17. The number of likely N-dealkylation sites (N-methyl/N-ethyl adjacent to an activating group) is 1. The van der Waals surface area contributed by atoms with E-state index in [0.29, 0.717) is 10.9 Å². The van der Waals surface area contributed by atoms with Crippen molar-refractivity contribution in [2.24, 2.45) is 11.3 Å². The van der Waals surface area contributed by atoms with Gasteiger partial charge in [0.2, 0.25) is 0 Å². The first-order chi connectivity index (χ1) is 26.9. The normalized spacial score (nSPS) is 15.0. The lowest BCUT2D eigenvalue weighted by Crippen LogP contribution is -2.46. The van der Waals surface area contributed by atoms with Crippen LogP contribution in [0.3, 0.4) is 0 Å². The number of hydrogen-bond donors (Lipinski definition) is 0. The molecule has 2 unspecified atom stereocenters. The lowest BCUT2D eigenvalue weighted by Gasteiger charge is -2.32. The number of quaternary nitrogens is 1. The molecule has 1 rings (SSSR count). The number of esters is 4. The van der Waals surface area contributed by atoms with Gasteiger partial charge in [0.05, 0.1) is 21.1 Å². The van der Waals surface area contributed by atoms with Crippen LogP contribution in [0.4, 0.5) is 0 Å². The lowest BCUT2D eigenvalue weighted by molar-refractivity contribution is -0.862. The molecule has 0 amide bonds. The summed E-state index contributed by atoms with van der Waals surface area (Å²) in [5.74, 6) is -0.872. The van der Waals surface area contributed by atoms with Gasteiger partial charge in [-0.2, -0.15) is 0 Å². The van der Waals surface area contributed by atoms with Gasteiger partial charge in [-0.15, -0.1) is 0 Å². The smallest absolute Gasteiger partial charge is 0.361 e. The highest BCUT2D eigenvalue weighted by Crippen LogP contribution is 2.37. The first kappa shape index (κ1) is 51.3. The highest BCUT2D eigenvalue weighted by molar-refractivity contribution is 5.71. The SMILES string of the molecule is CCCCCCC/C=C\CCCCCCC(=O)OCC(COC(=O)CC)(COC(=O)CCCCCCCC1=CC1CCCCCCC)COC(=O)C[N+](C)(C)C. The van der Waals surface area contributed by atoms with Gasteiger partial charge in [0.15, 0.2) is 6.54 Å². The van der Waals surface area contributed by atoms with Crippen LogP contribution in [-0.4, -0.2) is 82.5 Å². The van der Waals surface area contributed by atoms with Crippen LogP contribution in [0, 0.1) is 11.3 Å². The van der Waals surface area contributed by atoms with Crippen molar-refractivity contribution in [3.8, 4) is 0 Å². The van der Waals surface area contributed by atoms with Crippen molar-refractivity contribution in [3.63, 3.8) is 0 Å². The van der Waals surface area contributed by atoms with Gasteiger partial charge in [-0.25, -0.2) is 4.79 Å². The van der Waals surface area contributed by atoms with E-state index in [4.69, 9.17) is 18.9 Å². The summed E-state index contributed by atoms with van der Waals surface area (Å²) in [4.78, 5) is 50.7. The molecule has 0 saturated carbocycles. The van der Waals surface area contributed by atoms with Crippen molar-refractivity contribution >= 4 is 23.9 Å². The highest BCUT2D eigenvalue weighted by Gasteiger charge is 2.38. The number of carbonyl (C=O) groups is 4. The molecule has 0 aromatic rings. The van der Waals surface area contributed by atoms with E-state index in [9.17, 15) is 19.2 Å². The zero-order valence-corrected chi connectivity index (χ0v) is 36.9. The Morgan fingerprint density at radius 1 is 0.554 bits per heavy atom. The number of hydrogen-bond acceptors (Lipinski definition) is 8. The zero-order chi connectivity index (χ0) is 41.3. The number of nitrogens with zero attached hydrogens (tertiary/aromatic N) is 1. The molecule has 0 radical (unpaired) electrons. The van der Waals surface area contributed by atoms with Crippen LogP contribution in [-0.2, 0) is 38.1 Å². The van der Waals surface area contributed by atoms with Crippen LogP contribution in [0.2, 0.25) is 0 Å². The quantitative estimate of drug-likeness (QED) is 0.0200. The Kier molecular flexibility index (Phi) is 29.6. The Morgan fingerprint density at radius 3 is 1.48 bits per heavy atom. The molecule has 0 heterocycles. The van der Waals surface area contributed by atoms with Gasteiger partial charge >= 0.3 is 23.9 Å². The van der Waals surface area contributed by atoms with Gasteiger partial charge in [0, 0.05) is 19.3 Å². The molecule has 0 bridgehead atoms. The van der Waals surface area contributed by atoms with Gasteiger partial charge in [0.25, 0.3) is 0 Å². The molecule has 0 fully saturated rings. The minimum absolute atomic E-state index is 0.122.